The van der Waals surface area contributed by atoms with Crippen LogP contribution < -0.4 is 15.4 Å². The van der Waals surface area contributed by atoms with Crippen LogP contribution >= 0.6 is 0 Å². The van der Waals surface area contributed by atoms with E-state index in [4.69, 9.17) is 4.74 Å². The first-order valence-corrected chi connectivity index (χ1v) is 7.52. The Labute approximate surface area is 116 Å². The van der Waals surface area contributed by atoms with Gasteiger partial charge in [-0.25, -0.2) is 0 Å². The topological polar surface area (TPSA) is 33.3 Å². The highest BCUT2D eigenvalue weighted by Gasteiger charge is 2.11. The van der Waals surface area contributed by atoms with E-state index < -0.39 is 0 Å². The summed E-state index contributed by atoms with van der Waals surface area (Å²) in [6.45, 7) is 6.51. The maximum atomic E-state index is 5.87. The highest BCUT2D eigenvalue weighted by Crippen LogP contribution is 2.21. The third kappa shape index (κ3) is 4.75. The minimum atomic E-state index is 0.275. The summed E-state index contributed by atoms with van der Waals surface area (Å²) in [5, 5.41) is 7.08. The van der Waals surface area contributed by atoms with Crippen LogP contribution in [0.5, 0.6) is 5.75 Å². The van der Waals surface area contributed by atoms with Crippen LogP contribution in [0.15, 0.2) is 24.3 Å². The number of anilines is 1. The summed E-state index contributed by atoms with van der Waals surface area (Å²) in [7, 11) is 0. The molecule has 1 saturated heterocycles. The summed E-state index contributed by atoms with van der Waals surface area (Å²) in [4.78, 5) is 0. The Morgan fingerprint density at radius 1 is 1.37 bits per heavy atom. The first kappa shape index (κ1) is 14.2. The molecule has 1 aliphatic heterocycles. The fourth-order valence-corrected chi connectivity index (χ4v) is 2.37. The van der Waals surface area contributed by atoms with Crippen molar-refractivity contribution in [1.82, 2.24) is 5.32 Å². The smallest absolute Gasteiger partial charge is 0.121 e. The van der Waals surface area contributed by atoms with E-state index >= 15 is 0 Å². The zero-order valence-corrected chi connectivity index (χ0v) is 12.1. The van der Waals surface area contributed by atoms with Crippen molar-refractivity contribution in [2.75, 3.05) is 18.4 Å². The maximum absolute atomic E-state index is 5.87. The van der Waals surface area contributed by atoms with Crippen LogP contribution in [-0.2, 0) is 0 Å². The average molecular weight is 262 g/mol. The zero-order chi connectivity index (χ0) is 13.5. The molecule has 1 fully saturated rings. The third-order valence-electron chi connectivity index (χ3n) is 3.69. The van der Waals surface area contributed by atoms with Gasteiger partial charge in [0.1, 0.15) is 5.75 Å². The highest BCUT2D eigenvalue weighted by atomic mass is 16.5. The van der Waals surface area contributed by atoms with Gasteiger partial charge in [-0.1, -0.05) is 13.0 Å². The molecule has 0 bridgehead atoms. The molecule has 2 N–H and O–H groups in total. The van der Waals surface area contributed by atoms with Crippen LogP contribution in [0.3, 0.4) is 0 Å². The molecule has 106 valence electrons. The molecule has 0 aromatic heterocycles. The Morgan fingerprint density at radius 2 is 2.26 bits per heavy atom. The minimum absolute atomic E-state index is 0.275. The predicted octanol–water partition coefficient (Wildman–Crippen LogP) is 3.42. The molecule has 0 radical (unpaired) electrons. The van der Waals surface area contributed by atoms with Crippen LogP contribution in [0.4, 0.5) is 5.69 Å². The molecule has 0 aliphatic carbocycles. The van der Waals surface area contributed by atoms with E-state index in [2.05, 4.69) is 42.7 Å². The second kappa shape index (κ2) is 7.39. The maximum Gasteiger partial charge on any atom is 0.121 e. The lowest BCUT2D eigenvalue weighted by Gasteiger charge is -2.19. The number of hydrogen-bond acceptors (Lipinski definition) is 3. The summed E-state index contributed by atoms with van der Waals surface area (Å²) >= 11 is 0. The lowest BCUT2D eigenvalue weighted by Crippen LogP contribution is -2.21. The largest absolute Gasteiger partial charge is 0.491 e. The Morgan fingerprint density at radius 3 is 3.11 bits per heavy atom. The summed E-state index contributed by atoms with van der Waals surface area (Å²) in [6.07, 6.45) is 4.99. The third-order valence-corrected chi connectivity index (χ3v) is 3.69. The fraction of sp³-hybridized carbons (Fsp3) is 0.625. The summed E-state index contributed by atoms with van der Waals surface area (Å²) in [5.74, 6) is 0.964. The minimum Gasteiger partial charge on any atom is -0.491 e. The number of ether oxygens (including phenoxy) is 1. The van der Waals surface area contributed by atoms with Gasteiger partial charge in [-0.05, 0) is 57.8 Å². The molecule has 1 aromatic rings. The lowest BCUT2D eigenvalue weighted by atomic mass is 10.1. The molecular weight excluding hydrogens is 236 g/mol. The highest BCUT2D eigenvalue weighted by molar-refractivity contribution is 5.48. The van der Waals surface area contributed by atoms with E-state index in [0.29, 0.717) is 6.04 Å². The predicted molar refractivity (Wildman–Crippen MR) is 81.0 cm³/mol. The molecule has 1 aromatic carbocycles. The van der Waals surface area contributed by atoms with E-state index in [-0.39, 0.29) is 6.10 Å². The van der Waals surface area contributed by atoms with Gasteiger partial charge in [0, 0.05) is 17.8 Å². The summed E-state index contributed by atoms with van der Waals surface area (Å²) in [5.41, 5.74) is 1.17. The molecule has 2 unspecified atom stereocenters. The summed E-state index contributed by atoms with van der Waals surface area (Å²) in [6, 6.07) is 8.92. The van der Waals surface area contributed by atoms with Crippen molar-refractivity contribution in [2.45, 2.75) is 51.7 Å². The molecule has 1 aliphatic rings. The zero-order valence-electron chi connectivity index (χ0n) is 12.1. The van der Waals surface area contributed by atoms with E-state index in [1.165, 1.54) is 24.9 Å². The second-order valence-corrected chi connectivity index (χ2v) is 5.39. The van der Waals surface area contributed by atoms with Crippen LogP contribution in [0, 0.1) is 0 Å². The number of nitrogens with one attached hydrogen (secondary N) is 2. The average Bonchev–Trinajstić information content (AvgIpc) is 2.67. The van der Waals surface area contributed by atoms with E-state index in [9.17, 15) is 0 Å². The van der Waals surface area contributed by atoms with Crippen molar-refractivity contribution in [1.29, 1.82) is 0 Å². The van der Waals surface area contributed by atoms with Crippen molar-refractivity contribution < 1.29 is 4.74 Å². The number of hydrogen-bond donors (Lipinski definition) is 2. The van der Waals surface area contributed by atoms with Gasteiger partial charge in [0.2, 0.25) is 0 Å². The van der Waals surface area contributed by atoms with Gasteiger partial charge in [-0.3, -0.25) is 0 Å². The quantitative estimate of drug-likeness (QED) is 0.853. The Kier molecular flexibility index (Phi) is 5.52. The molecule has 2 atom stereocenters. The van der Waals surface area contributed by atoms with Crippen molar-refractivity contribution in [3.63, 3.8) is 0 Å². The second-order valence-electron chi connectivity index (χ2n) is 5.39. The molecule has 3 heteroatoms. The standard InChI is InChI=1S/C16H26N2O/c1-3-13(2)19-16-8-4-6-15(12-16)18-14-7-5-10-17-11-9-14/h4,6,8,12-14,17-18H,3,5,7,9-11H2,1-2H3. The molecule has 1 heterocycles. The Bertz CT molecular complexity index is 373. The van der Waals surface area contributed by atoms with Gasteiger partial charge in [0.05, 0.1) is 6.10 Å². The van der Waals surface area contributed by atoms with Gasteiger partial charge >= 0.3 is 0 Å². The van der Waals surface area contributed by atoms with Crippen LogP contribution in [0.1, 0.15) is 39.5 Å². The first-order chi connectivity index (χ1) is 9.28. The van der Waals surface area contributed by atoms with E-state index in [1.54, 1.807) is 0 Å². The van der Waals surface area contributed by atoms with Crippen molar-refractivity contribution >= 4 is 5.69 Å². The summed E-state index contributed by atoms with van der Waals surface area (Å²) < 4.78 is 5.87. The normalized spacial score (nSPS) is 21.5. The van der Waals surface area contributed by atoms with Gasteiger partial charge in [0.25, 0.3) is 0 Å². The molecule has 19 heavy (non-hydrogen) atoms. The van der Waals surface area contributed by atoms with Crippen LogP contribution in [0.2, 0.25) is 0 Å². The van der Waals surface area contributed by atoms with Crippen molar-refractivity contribution in [3.05, 3.63) is 24.3 Å². The SMILES string of the molecule is CCC(C)Oc1cccc(NC2CCCNCC2)c1. The lowest BCUT2D eigenvalue weighted by molar-refractivity contribution is 0.217. The molecule has 0 spiro atoms. The fourth-order valence-electron chi connectivity index (χ4n) is 2.37. The van der Waals surface area contributed by atoms with Crippen LogP contribution in [0.25, 0.3) is 0 Å². The van der Waals surface area contributed by atoms with Gasteiger partial charge in [-0.2, -0.15) is 0 Å². The Hall–Kier alpha value is -1.22. The van der Waals surface area contributed by atoms with Crippen LogP contribution in [-0.4, -0.2) is 25.2 Å². The van der Waals surface area contributed by atoms with Gasteiger partial charge in [-0.15, -0.1) is 0 Å². The number of benzene rings is 1. The van der Waals surface area contributed by atoms with Crippen molar-refractivity contribution in [3.8, 4) is 5.75 Å². The molecular formula is C16H26N2O. The Balaban J connectivity index is 1.93. The first-order valence-electron chi connectivity index (χ1n) is 7.52. The van der Waals surface area contributed by atoms with E-state index in [0.717, 1.165) is 25.3 Å². The number of rotatable bonds is 5. The molecule has 0 saturated carbocycles. The van der Waals surface area contributed by atoms with Gasteiger partial charge in [0.15, 0.2) is 0 Å². The monoisotopic (exact) mass is 262 g/mol. The molecule has 0 amide bonds. The molecule has 2 rings (SSSR count). The van der Waals surface area contributed by atoms with Crippen molar-refractivity contribution in [2.24, 2.45) is 0 Å². The molecule has 3 nitrogen and oxygen atoms in total. The van der Waals surface area contributed by atoms with E-state index in [1.807, 2.05) is 6.07 Å². The van der Waals surface area contributed by atoms with Gasteiger partial charge < -0.3 is 15.4 Å².